The van der Waals surface area contributed by atoms with Gasteiger partial charge in [-0.2, -0.15) is 0 Å². The summed E-state index contributed by atoms with van der Waals surface area (Å²) < 4.78 is 79.7. The van der Waals surface area contributed by atoms with Crippen LogP contribution in [0.25, 0.3) is 0 Å². The van der Waals surface area contributed by atoms with Crippen LogP contribution in [0.3, 0.4) is 0 Å². The van der Waals surface area contributed by atoms with Gasteiger partial charge in [-0.05, 0) is 50.7 Å². The summed E-state index contributed by atoms with van der Waals surface area (Å²) in [6, 6.07) is 0. The van der Waals surface area contributed by atoms with Crippen LogP contribution in [0.1, 0.15) is 6.42 Å². The van der Waals surface area contributed by atoms with E-state index in [0.29, 0.717) is 0 Å². The van der Waals surface area contributed by atoms with Crippen molar-refractivity contribution in [2.75, 3.05) is 13.1 Å². The lowest BCUT2D eigenvalue weighted by molar-refractivity contribution is -0.119. The summed E-state index contributed by atoms with van der Waals surface area (Å²) in [5.41, 5.74) is 0. The molecule has 0 fully saturated rings. The first-order valence-electron chi connectivity index (χ1n) is 5.47. The van der Waals surface area contributed by atoms with Crippen molar-refractivity contribution in [2.45, 2.75) is 15.6 Å². The molecule has 0 aromatic rings. The Morgan fingerprint density at radius 2 is 0.957 bits per heavy atom. The Kier molecular flexibility index (Phi) is 10.7. The summed E-state index contributed by atoms with van der Waals surface area (Å²) in [6.45, 7) is -0.481. The van der Waals surface area contributed by atoms with Gasteiger partial charge in [0.2, 0.25) is 11.8 Å². The molecule has 0 aliphatic heterocycles. The zero-order valence-electron chi connectivity index (χ0n) is 11.0. The van der Waals surface area contributed by atoms with Crippen LogP contribution in [0.4, 0.5) is 0 Å². The molecule has 2 amide bonds. The van der Waals surface area contributed by atoms with E-state index in [0.717, 1.165) is 0 Å². The number of hydrogen-bond donors (Lipinski definition) is 2. The van der Waals surface area contributed by atoms with Gasteiger partial charge in [0.05, 0.1) is 0 Å². The Bertz CT molecular complexity index is 465. The van der Waals surface area contributed by atoms with Gasteiger partial charge in [-0.15, -0.1) is 0 Å². The molecule has 4 atom stereocenters. The van der Waals surface area contributed by atoms with Crippen LogP contribution in [0.15, 0.2) is 0 Å². The summed E-state index contributed by atoms with van der Waals surface area (Å²) in [5, 5.41) is 3.95. The minimum Gasteiger partial charge on any atom is -0.771 e. The maximum absolute atomic E-state index is 11.3. The van der Waals surface area contributed by atoms with E-state index in [2.05, 4.69) is 0 Å². The average molecular weight is 410 g/mol. The first-order chi connectivity index (χ1) is 10.6. The largest absolute Gasteiger partial charge is 0.771 e. The Labute approximate surface area is 140 Å². The molecule has 0 spiro atoms. The number of carbonyl (C=O) groups excluding carboxylic acids is 2. The third kappa shape index (κ3) is 8.15. The van der Waals surface area contributed by atoms with Crippen molar-refractivity contribution in [2.24, 2.45) is 0 Å². The second-order valence-electron chi connectivity index (χ2n) is 3.64. The maximum atomic E-state index is 11.3. The molecule has 0 aliphatic rings. The highest BCUT2D eigenvalue weighted by molar-refractivity contribution is 7.99. The molecule has 23 heavy (non-hydrogen) atoms. The van der Waals surface area contributed by atoms with Gasteiger partial charge in [0.1, 0.15) is 0 Å². The topological polar surface area (TPSA) is 219 Å². The molecule has 16 heteroatoms. The minimum absolute atomic E-state index is 0.0368. The normalized spacial score (nSPS) is 19.0. The lowest BCUT2D eigenvalue weighted by atomic mass is 10.4. The standard InChI is InChI=1S/C7H14N2O10S4/c10-4(6(20(12)13)21(14)15)8-2-1-3-9-5(11)7(22(16)17)23(18)19/h6-7H,1-3H2,(H,8,10)(H,9,11)(H,12,13)(H,14,15)(H,16,17)(H,18,19)/p-4. The van der Waals surface area contributed by atoms with Crippen LogP contribution in [-0.4, -0.2) is 69.1 Å². The van der Waals surface area contributed by atoms with Crippen molar-refractivity contribution in [3.05, 3.63) is 0 Å². The van der Waals surface area contributed by atoms with E-state index in [4.69, 9.17) is 0 Å². The molecule has 0 heterocycles. The lowest BCUT2D eigenvalue weighted by Gasteiger charge is -2.22. The van der Waals surface area contributed by atoms with Crippen LogP contribution < -0.4 is 10.6 Å². The molecule has 0 bridgehead atoms. The van der Waals surface area contributed by atoms with Gasteiger partial charge in [-0.1, -0.05) is 0 Å². The van der Waals surface area contributed by atoms with Gasteiger partial charge in [0, 0.05) is 13.1 Å². The fourth-order valence-corrected chi connectivity index (χ4v) is 3.22. The Morgan fingerprint density at radius 1 is 0.696 bits per heavy atom. The van der Waals surface area contributed by atoms with E-state index in [1.54, 1.807) is 0 Å². The minimum atomic E-state index is -3.18. The second-order valence-corrected chi connectivity index (χ2v) is 8.21. The molecule has 0 rings (SSSR count). The Morgan fingerprint density at radius 3 is 1.17 bits per heavy atom. The Hall–Kier alpha value is -0.620. The van der Waals surface area contributed by atoms with E-state index in [1.165, 1.54) is 0 Å². The van der Waals surface area contributed by atoms with Crippen molar-refractivity contribution in [1.82, 2.24) is 10.6 Å². The fraction of sp³-hybridized carbons (Fsp3) is 0.714. The molecule has 2 N–H and O–H groups in total. The van der Waals surface area contributed by atoms with Crippen molar-refractivity contribution in [1.29, 1.82) is 0 Å². The first-order valence-corrected chi connectivity index (χ1v) is 10.0. The highest BCUT2D eigenvalue weighted by Gasteiger charge is 2.21. The summed E-state index contributed by atoms with van der Waals surface area (Å²) >= 11 is -12.7. The maximum Gasteiger partial charge on any atom is 0.246 e. The summed E-state index contributed by atoms with van der Waals surface area (Å²) in [4.78, 5) is 22.5. The number of rotatable bonds is 10. The van der Waals surface area contributed by atoms with E-state index in [9.17, 15) is 44.6 Å². The molecule has 136 valence electrons. The summed E-state index contributed by atoms with van der Waals surface area (Å²) in [7, 11) is 0. The van der Waals surface area contributed by atoms with E-state index < -0.39 is 65.3 Å². The van der Waals surface area contributed by atoms with Gasteiger partial charge >= 0.3 is 0 Å². The van der Waals surface area contributed by atoms with Gasteiger partial charge in [-0.3, -0.25) is 26.4 Å². The molecule has 0 radical (unpaired) electrons. The van der Waals surface area contributed by atoms with Crippen LogP contribution in [0.5, 0.6) is 0 Å². The third-order valence-electron chi connectivity index (χ3n) is 2.08. The van der Waals surface area contributed by atoms with Gasteiger partial charge in [0.25, 0.3) is 0 Å². The molecule has 0 saturated carbocycles. The van der Waals surface area contributed by atoms with Crippen molar-refractivity contribution in [3.63, 3.8) is 0 Å². The van der Waals surface area contributed by atoms with Crippen molar-refractivity contribution >= 4 is 56.1 Å². The molecular weight excluding hydrogens is 400 g/mol. The average Bonchev–Trinajstić information content (AvgIpc) is 2.36. The number of hydrogen-bond acceptors (Lipinski definition) is 10. The third-order valence-corrected chi connectivity index (χ3v) is 6.22. The van der Waals surface area contributed by atoms with E-state index in [-0.39, 0.29) is 19.5 Å². The van der Waals surface area contributed by atoms with Crippen LogP contribution in [-0.2, 0) is 53.9 Å². The second kappa shape index (κ2) is 11.0. The molecule has 0 saturated heterocycles. The van der Waals surface area contributed by atoms with Crippen molar-refractivity contribution in [3.8, 4) is 0 Å². The van der Waals surface area contributed by atoms with Crippen LogP contribution in [0.2, 0.25) is 0 Å². The van der Waals surface area contributed by atoms with Crippen molar-refractivity contribution < 1.29 is 44.6 Å². The van der Waals surface area contributed by atoms with E-state index in [1.807, 2.05) is 10.6 Å². The summed E-state index contributed by atoms with van der Waals surface area (Å²) in [6.07, 6.45) is -0.0368. The molecule has 0 aromatic heterocycles. The number of amides is 2. The quantitative estimate of drug-likeness (QED) is 0.261. The smallest absolute Gasteiger partial charge is 0.246 e. The van der Waals surface area contributed by atoms with Gasteiger partial charge < -0.3 is 28.8 Å². The first kappa shape index (κ1) is 22.4. The highest BCUT2D eigenvalue weighted by Crippen LogP contribution is 1.99. The van der Waals surface area contributed by atoms with Gasteiger partial charge in [-0.25, -0.2) is 0 Å². The van der Waals surface area contributed by atoms with E-state index >= 15 is 0 Å². The highest BCUT2D eigenvalue weighted by atomic mass is 32.3. The molecule has 0 aliphatic carbocycles. The van der Waals surface area contributed by atoms with Crippen LogP contribution >= 0.6 is 0 Å². The zero-order chi connectivity index (χ0) is 18.2. The SMILES string of the molecule is O=C(NCCCNC(=O)C(S(=O)[O-])S(=O)[O-])C(S(=O)[O-])S(=O)[O-]. The zero-order valence-corrected chi connectivity index (χ0v) is 14.3. The van der Waals surface area contributed by atoms with Gasteiger partial charge in [0.15, 0.2) is 9.16 Å². The predicted octanol–water partition coefficient (Wildman–Crippen LogP) is -4.22. The Balaban J connectivity index is 4.23. The molecular formula is C7H10N2O10S4-4. The number of nitrogens with one attached hydrogen (secondary N) is 2. The molecule has 12 nitrogen and oxygen atoms in total. The fourth-order valence-electron chi connectivity index (χ4n) is 1.16. The summed E-state index contributed by atoms with van der Waals surface area (Å²) in [5.74, 6) is -2.59. The number of carbonyl (C=O) groups is 2. The monoisotopic (exact) mass is 410 g/mol. The molecule has 4 unspecified atom stereocenters. The van der Waals surface area contributed by atoms with Crippen LogP contribution in [0, 0.1) is 0 Å². The predicted molar refractivity (Wildman–Crippen MR) is 73.9 cm³/mol. The lowest BCUT2D eigenvalue weighted by Crippen LogP contribution is -2.43. The molecule has 0 aromatic carbocycles.